The standard InChI is InChI=1S/C22H20BrNO3/c1-12-5-8-19(13(2)9-12)26-11-17-14(3)27-21-20(17)16-10-15(23)6-7-18(16)24(4)22(21)25/h5-10H,11H2,1-4H3. The van der Waals surface area contributed by atoms with E-state index in [9.17, 15) is 4.79 Å². The Bertz CT molecular complexity index is 1250. The van der Waals surface area contributed by atoms with E-state index in [-0.39, 0.29) is 5.56 Å². The van der Waals surface area contributed by atoms with Crippen molar-refractivity contribution in [1.82, 2.24) is 4.57 Å². The van der Waals surface area contributed by atoms with Gasteiger partial charge in [-0.15, -0.1) is 0 Å². The van der Waals surface area contributed by atoms with E-state index in [1.165, 1.54) is 5.56 Å². The maximum absolute atomic E-state index is 12.8. The van der Waals surface area contributed by atoms with Crippen molar-refractivity contribution in [2.75, 3.05) is 0 Å². The van der Waals surface area contributed by atoms with Gasteiger partial charge >= 0.3 is 0 Å². The average Bonchev–Trinajstić information content (AvgIpc) is 2.95. The number of furan rings is 1. The van der Waals surface area contributed by atoms with Crippen LogP contribution in [0.5, 0.6) is 5.75 Å². The van der Waals surface area contributed by atoms with E-state index in [4.69, 9.17) is 9.15 Å². The topological polar surface area (TPSA) is 44.4 Å². The molecule has 0 amide bonds. The molecule has 4 rings (SSSR count). The fraction of sp³-hybridized carbons (Fsp3) is 0.227. The van der Waals surface area contributed by atoms with Crippen molar-refractivity contribution in [3.05, 3.63) is 73.7 Å². The predicted octanol–water partition coefficient (Wildman–Crippen LogP) is 5.55. The molecular formula is C22H20BrNO3. The summed E-state index contributed by atoms with van der Waals surface area (Å²) in [7, 11) is 1.77. The number of hydrogen-bond donors (Lipinski definition) is 0. The predicted molar refractivity (Wildman–Crippen MR) is 112 cm³/mol. The molecule has 0 aliphatic carbocycles. The Morgan fingerprint density at radius 2 is 1.89 bits per heavy atom. The van der Waals surface area contributed by atoms with Gasteiger partial charge in [0, 0.05) is 27.9 Å². The van der Waals surface area contributed by atoms with Crippen molar-refractivity contribution < 1.29 is 9.15 Å². The molecule has 0 bridgehead atoms. The highest BCUT2D eigenvalue weighted by atomic mass is 79.9. The fourth-order valence-corrected chi connectivity index (χ4v) is 3.92. The molecule has 0 aliphatic rings. The van der Waals surface area contributed by atoms with Gasteiger partial charge in [-0.1, -0.05) is 33.6 Å². The molecule has 5 heteroatoms. The largest absolute Gasteiger partial charge is 0.488 e. The molecule has 0 aliphatic heterocycles. The highest BCUT2D eigenvalue weighted by Gasteiger charge is 2.20. The van der Waals surface area contributed by atoms with Crippen LogP contribution in [0.4, 0.5) is 0 Å². The van der Waals surface area contributed by atoms with Gasteiger partial charge in [0.2, 0.25) is 0 Å². The SMILES string of the molecule is Cc1ccc(OCc2c(C)oc3c(=O)n(C)c4ccc(Br)cc4c23)c(C)c1. The lowest BCUT2D eigenvalue weighted by atomic mass is 10.1. The molecule has 2 heterocycles. The monoisotopic (exact) mass is 425 g/mol. The zero-order chi connectivity index (χ0) is 19.3. The Kier molecular flexibility index (Phi) is 4.35. The van der Waals surface area contributed by atoms with E-state index in [1.54, 1.807) is 11.6 Å². The lowest BCUT2D eigenvalue weighted by Gasteiger charge is -2.11. The minimum absolute atomic E-state index is 0.138. The van der Waals surface area contributed by atoms with Crippen molar-refractivity contribution >= 4 is 37.8 Å². The first kappa shape index (κ1) is 17.9. The van der Waals surface area contributed by atoms with Gasteiger partial charge in [-0.2, -0.15) is 0 Å². The number of ether oxygens (including phenoxy) is 1. The third-order valence-corrected chi connectivity index (χ3v) is 5.49. The van der Waals surface area contributed by atoms with Crippen LogP contribution >= 0.6 is 15.9 Å². The number of nitrogens with zero attached hydrogens (tertiary/aromatic N) is 1. The quantitative estimate of drug-likeness (QED) is 0.432. The van der Waals surface area contributed by atoms with Gasteiger partial charge in [-0.05, 0) is 50.6 Å². The van der Waals surface area contributed by atoms with Crippen molar-refractivity contribution in [1.29, 1.82) is 0 Å². The van der Waals surface area contributed by atoms with Gasteiger partial charge in [0.1, 0.15) is 18.1 Å². The third-order valence-electron chi connectivity index (χ3n) is 5.00. The van der Waals surface area contributed by atoms with Gasteiger partial charge in [0.05, 0.1) is 5.52 Å². The number of pyridine rings is 1. The molecule has 2 aromatic heterocycles. The number of aromatic nitrogens is 1. The molecule has 138 valence electrons. The second kappa shape index (κ2) is 6.57. The van der Waals surface area contributed by atoms with Gasteiger partial charge in [-0.3, -0.25) is 4.79 Å². The van der Waals surface area contributed by atoms with Crippen LogP contribution in [0.15, 0.2) is 50.1 Å². The minimum atomic E-state index is -0.138. The van der Waals surface area contributed by atoms with E-state index in [2.05, 4.69) is 28.9 Å². The highest BCUT2D eigenvalue weighted by molar-refractivity contribution is 9.10. The molecule has 0 N–H and O–H groups in total. The van der Waals surface area contributed by atoms with Gasteiger partial charge in [0.15, 0.2) is 5.58 Å². The van der Waals surface area contributed by atoms with E-state index >= 15 is 0 Å². The molecule has 2 aromatic carbocycles. The fourth-order valence-electron chi connectivity index (χ4n) is 3.56. The first-order chi connectivity index (χ1) is 12.9. The summed E-state index contributed by atoms with van der Waals surface area (Å²) in [5.74, 6) is 1.54. The Labute approximate surface area is 165 Å². The van der Waals surface area contributed by atoms with Crippen LogP contribution in [0.3, 0.4) is 0 Å². The highest BCUT2D eigenvalue weighted by Crippen LogP contribution is 2.33. The molecule has 0 saturated heterocycles. The smallest absolute Gasteiger partial charge is 0.294 e. The summed E-state index contributed by atoms with van der Waals surface area (Å²) in [6.07, 6.45) is 0. The summed E-state index contributed by atoms with van der Waals surface area (Å²) < 4.78 is 14.5. The van der Waals surface area contributed by atoms with Gasteiger partial charge < -0.3 is 13.7 Å². The zero-order valence-corrected chi connectivity index (χ0v) is 17.3. The van der Waals surface area contributed by atoms with E-state index in [1.807, 2.05) is 44.2 Å². The number of rotatable bonds is 3. The molecule has 4 aromatic rings. The van der Waals surface area contributed by atoms with Crippen LogP contribution in [0.2, 0.25) is 0 Å². The number of fused-ring (bicyclic) bond motifs is 3. The maximum Gasteiger partial charge on any atom is 0.294 e. The maximum atomic E-state index is 12.8. The molecule has 0 spiro atoms. The number of aryl methyl sites for hydroxylation is 4. The molecule has 0 unspecified atom stereocenters. The molecule has 27 heavy (non-hydrogen) atoms. The normalized spacial score (nSPS) is 11.4. The van der Waals surface area contributed by atoms with E-state index < -0.39 is 0 Å². The lowest BCUT2D eigenvalue weighted by molar-refractivity contribution is 0.302. The third kappa shape index (κ3) is 2.96. The zero-order valence-electron chi connectivity index (χ0n) is 15.7. The summed E-state index contributed by atoms with van der Waals surface area (Å²) in [6, 6.07) is 12.0. The number of hydrogen-bond acceptors (Lipinski definition) is 3. The Morgan fingerprint density at radius 1 is 1.11 bits per heavy atom. The molecular weight excluding hydrogens is 406 g/mol. The molecule has 0 saturated carbocycles. The second-order valence-electron chi connectivity index (χ2n) is 6.92. The average molecular weight is 426 g/mol. The molecule has 0 radical (unpaired) electrons. The summed E-state index contributed by atoms with van der Waals surface area (Å²) in [4.78, 5) is 12.8. The van der Waals surface area contributed by atoms with Crippen LogP contribution in [0, 0.1) is 20.8 Å². The first-order valence-corrected chi connectivity index (χ1v) is 9.56. The molecule has 4 nitrogen and oxygen atoms in total. The Balaban J connectivity index is 1.90. The summed E-state index contributed by atoms with van der Waals surface area (Å²) in [6.45, 7) is 6.32. The second-order valence-corrected chi connectivity index (χ2v) is 7.84. The van der Waals surface area contributed by atoms with Crippen LogP contribution < -0.4 is 10.3 Å². The van der Waals surface area contributed by atoms with Crippen LogP contribution in [0.1, 0.15) is 22.5 Å². The Hall–Kier alpha value is -2.53. The van der Waals surface area contributed by atoms with Crippen molar-refractivity contribution in [2.45, 2.75) is 27.4 Å². The van der Waals surface area contributed by atoms with Crippen molar-refractivity contribution in [2.24, 2.45) is 7.05 Å². The summed E-state index contributed by atoms with van der Waals surface area (Å²) in [5, 5.41) is 1.80. The van der Waals surface area contributed by atoms with Gasteiger partial charge in [0.25, 0.3) is 5.56 Å². The van der Waals surface area contributed by atoms with Gasteiger partial charge in [-0.25, -0.2) is 0 Å². The van der Waals surface area contributed by atoms with Crippen LogP contribution in [0.25, 0.3) is 21.9 Å². The lowest BCUT2D eigenvalue weighted by Crippen LogP contribution is -2.16. The summed E-state index contributed by atoms with van der Waals surface area (Å²) in [5.41, 5.74) is 4.30. The van der Waals surface area contributed by atoms with Crippen LogP contribution in [-0.2, 0) is 13.7 Å². The van der Waals surface area contributed by atoms with E-state index in [0.29, 0.717) is 18.0 Å². The van der Waals surface area contributed by atoms with E-state index in [0.717, 1.165) is 37.6 Å². The van der Waals surface area contributed by atoms with Crippen molar-refractivity contribution in [3.8, 4) is 5.75 Å². The molecule has 0 fully saturated rings. The number of halogens is 1. The Morgan fingerprint density at radius 3 is 2.63 bits per heavy atom. The number of benzene rings is 2. The van der Waals surface area contributed by atoms with Crippen LogP contribution in [-0.4, -0.2) is 4.57 Å². The van der Waals surface area contributed by atoms with Crippen molar-refractivity contribution in [3.63, 3.8) is 0 Å². The summed E-state index contributed by atoms with van der Waals surface area (Å²) >= 11 is 3.54. The first-order valence-electron chi connectivity index (χ1n) is 8.77. The minimum Gasteiger partial charge on any atom is -0.488 e. The molecule has 0 atom stereocenters.